The van der Waals surface area contributed by atoms with E-state index in [1.807, 2.05) is 6.07 Å². The molecule has 1 fully saturated rings. The number of hydrogen-bond donors (Lipinski definition) is 0. The van der Waals surface area contributed by atoms with E-state index in [9.17, 15) is 4.79 Å². The maximum atomic E-state index is 11.3. The molecule has 0 bridgehead atoms. The van der Waals surface area contributed by atoms with Crippen molar-refractivity contribution in [2.24, 2.45) is 5.41 Å². The third-order valence-electron chi connectivity index (χ3n) is 2.14. The van der Waals surface area contributed by atoms with Crippen LogP contribution in [0.1, 0.15) is 12.8 Å². The van der Waals surface area contributed by atoms with Crippen molar-refractivity contribution in [3.8, 4) is 6.07 Å². The maximum Gasteiger partial charge on any atom is 0.315 e. The summed E-state index contributed by atoms with van der Waals surface area (Å²) in [5, 5.41) is 8.52. The summed E-state index contributed by atoms with van der Waals surface area (Å²) in [6, 6.07) is 1.98. The number of esters is 1. The summed E-state index contributed by atoms with van der Waals surface area (Å²) in [6.45, 7) is 0.851. The zero-order valence-corrected chi connectivity index (χ0v) is 7.00. The van der Waals surface area contributed by atoms with Gasteiger partial charge in [0, 0.05) is 6.61 Å². The van der Waals surface area contributed by atoms with E-state index in [1.54, 1.807) is 0 Å². The smallest absolute Gasteiger partial charge is 0.315 e. The Labute approximate surface area is 71.1 Å². The van der Waals surface area contributed by atoms with Crippen LogP contribution in [-0.4, -0.2) is 26.3 Å². The van der Waals surface area contributed by atoms with Gasteiger partial charge in [0.25, 0.3) is 0 Å². The summed E-state index contributed by atoms with van der Waals surface area (Å²) < 4.78 is 9.70. The van der Waals surface area contributed by atoms with E-state index in [4.69, 9.17) is 10.00 Å². The predicted molar refractivity (Wildman–Crippen MR) is 40.1 cm³/mol. The first-order chi connectivity index (χ1) is 5.75. The highest BCUT2D eigenvalue weighted by Gasteiger charge is 2.43. The Morgan fingerprint density at radius 3 is 3.00 bits per heavy atom. The van der Waals surface area contributed by atoms with Crippen LogP contribution in [-0.2, 0) is 14.3 Å². The van der Waals surface area contributed by atoms with E-state index in [2.05, 4.69) is 4.74 Å². The molecule has 1 saturated heterocycles. The van der Waals surface area contributed by atoms with Crippen LogP contribution in [0.25, 0.3) is 0 Å². The van der Waals surface area contributed by atoms with Crippen LogP contribution in [0.5, 0.6) is 0 Å². The first-order valence-corrected chi connectivity index (χ1v) is 3.78. The number of nitriles is 1. The topological polar surface area (TPSA) is 59.3 Å². The van der Waals surface area contributed by atoms with Crippen LogP contribution in [0.2, 0.25) is 0 Å². The molecule has 1 unspecified atom stereocenters. The summed E-state index contributed by atoms with van der Waals surface area (Å²) in [7, 11) is 1.33. The average Bonchev–Trinajstić information content (AvgIpc) is 2.53. The predicted octanol–water partition coefficient (Wildman–Crippen LogP) is 0.480. The average molecular weight is 169 g/mol. The van der Waals surface area contributed by atoms with Crippen LogP contribution in [0.4, 0.5) is 0 Å². The van der Waals surface area contributed by atoms with Crippen molar-refractivity contribution in [2.75, 3.05) is 20.3 Å². The third-order valence-corrected chi connectivity index (χ3v) is 2.14. The van der Waals surface area contributed by atoms with Gasteiger partial charge in [-0.05, 0) is 6.42 Å². The molecule has 0 radical (unpaired) electrons. The number of hydrogen-bond acceptors (Lipinski definition) is 4. The highest BCUT2D eigenvalue weighted by atomic mass is 16.5. The molecule has 1 atom stereocenters. The second-order valence-electron chi connectivity index (χ2n) is 2.91. The van der Waals surface area contributed by atoms with Gasteiger partial charge in [-0.2, -0.15) is 5.26 Å². The number of ether oxygens (including phenoxy) is 2. The van der Waals surface area contributed by atoms with E-state index < -0.39 is 5.41 Å². The highest BCUT2D eigenvalue weighted by molar-refractivity contribution is 5.77. The molecule has 1 heterocycles. The van der Waals surface area contributed by atoms with Gasteiger partial charge < -0.3 is 9.47 Å². The molecule has 4 heteroatoms. The van der Waals surface area contributed by atoms with Crippen LogP contribution in [0.15, 0.2) is 0 Å². The monoisotopic (exact) mass is 169 g/mol. The van der Waals surface area contributed by atoms with Crippen LogP contribution in [0, 0.1) is 16.7 Å². The molecule has 1 aliphatic rings. The Morgan fingerprint density at radius 1 is 1.83 bits per heavy atom. The second-order valence-corrected chi connectivity index (χ2v) is 2.91. The lowest BCUT2D eigenvalue weighted by Gasteiger charge is -2.19. The Bertz CT molecular complexity index is 213. The summed E-state index contributed by atoms with van der Waals surface area (Å²) in [4.78, 5) is 11.3. The Hall–Kier alpha value is -1.08. The minimum absolute atomic E-state index is 0.180. The fraction of sp³-hybridized carbons (Fsp3) is 0.750. The molecule has 0 spiro atoms. The van der Waals surface area contributed by atoms with Gasteiger partial charge in [0.2, 0.25) is 0 Å². The van der Waals surface area contributed by atoms with Gasteiger partial charge in [0.1, 0.15) is 5.41 Å². The largest absolute Gasteiger partial charge is 0.468 e. The molecule has 1 aliphatic heterocycles. The summed E-state index contributed by atoms with van der Waals surface area (Å²) in [5.74, 6) is -0.332. The molecular formula is C8H11NO3. The number of methoxy groups -OCH3 is 1. The van der Waals surface area contributed by atoms with Crippen molar-refractivity contribution in [3.63, 3.8) is 0 Å². The molecule has 1 rings (SSSR count). The van der Waals surface area contributed by atoms with Gasteiger partial charge in [-0.15, -0.1) is 0 Å². The molecule has 0 amide bonds. The highest BCUT2D eigenvalue weighted by Crippen LogP contribution is 2.33. The minimum atomic E-state index is -0.691. The van der Waals surface area contributed by atoms with E-state index in [-0.39, 0.29) is 12.4 Å². The number of carbonyl (C=O) groups excluding carboxylic acids is 1. The Morgan fingerprint density at radius 2 is 2.58 bits per heavy atom. The molecule has 0 N–H and O–H groups in total. The SMILES string of the molecule is COC(=O)C1(CC#N)CCOC1. The van der Waals surface area contributed by atoms with Crippen LogP contribution in [0.3, 0.4) is 0 Å². The maximum absolute atomic E-state index is 11.3. The first kappa shape index (κ1) is 9.01. The van der Waals surface area contributed by atoms with Crippen molar-refractivity contribution in [3.05, 3.63) is 0 Å². The fourth-order valence-corrected chi connectivity index (χ4v) is 1.35. The molecule has 0 aliphatic carbocycles. The molecular weight excluding hydrogens is 158 g/mol. The van der Waals surface area contributed by atoms with E-state index in [0.29, 0.717) is 19.6 Å². The number of rotatable bonds is 2. The summed E-state index contributed by atoms with van der Waals surface area (Å²) in [5.41, 5.74) is -0.691. The van der Waals surface area contributed by atoms with Gasteiger partial charge in [-0.25, -0.2) is 0 Å². The molecule has 0 aromatic carbocycles. The zero-order chi connectivity index (χ0) is 9.03. The number of nitrogens with zero attached hydrogens (tertiary/aromatic N) is 1. The van der Waals surface area contributed by atoms with Crippen molar-refractivity contribution < 1.29 is 14.3 Å². The molecule has 66 valence electrons. The van der Waals surface area contributed by atoms with Gasteiger partial charge in [0.15, 0.2) is 0 Å². The van der Waals surface area contributed by atoms with E-state index in [1.165, 1.54) is 7.11 Å². The zero-order valence-electron chi connectivity index (χ0n) is 7.00. The van der Waals surface area contributed by atoms with Crippen molar-refractivity contribution in [2.45, 2.75) is 12.8 Å². The third kappa shape index (κ3) is 1.41. The molecule has 4 nitrogen and oxygen atoms in total. The standard InChI is InChI=1S/C8H11NO3/c1-11-7(10)8(2-4-9)3-5-12-6-8/h2-3,5-6H2,1H3. The second kappa shape index (κ2) is 3.55. The van der Waals surface area contributed by atoms with Crippen LogP contribution < -0.4 is 0 Å². The van der Waals surface area contributed by atoms with Crippen molar-refractivity contribution in [1.29, 1.82) is 5.26 Å². The van der Waals surface area contributed by atoms with Crippen LogP contribution >= 0.6 is 0 Å². The lowest BCUT2D eigenvalue weighted by atomic mass is 9.84. The lowest BCUT2D eigenvalue weighted by molar-refractivity contribution is -0.152. The molecule has 12 heavy (non-hydrogen) atoms. The summed E-state index contributed by atoms with van der Waals surface area (Å²) in [6.07, 6.45) is 0.771. The molecule has 0 aromatic heterocycles. The molecule has 0 saturated carbocycles. The normalized spacial score (nSPS) is 28.0. The van der Waals surface area contributed by atoms with Gasteiger partial charge >= 0.3 is 5.97 Å². The van der Waals surface area contributed by atoms with Gasteiger partial charge in [-0.1, -0.05) is 0 Å². The first-order valence-electron chi connectivity index (χ1n) is 3.78. The van der Waals surface area contributed by atoms with Crippen molar-refractivity contribution >= 4 is 5.97 Å². The Kier molecular flexibility index (Phi) is 2.66. The quantitative estimate of drug-likeness (QED) is 0.564. The fourth-order valence-electron chi connectivity index (χ4n) is 1.35. The van der Waals surface area contributed by atoms with E-state index >= 15 is 0 Å². The van der Waals surface area contributed by atoms with Gasteiger partial charge in [0.05, 0.1) is 26.2 Å². The lowest BCUT2D eigenvalue weighted by Crippen LogP contribution is -2.32. The number of carbonyl (C=O) groups is 1. The van der Waals surface area contributed by atoms with Crippen molar-refractivity contribution in [1.82, 2.24) is 0 Å². The van der Waals surface area contributed by atoms with E-state index in [0.717, 1.165) is 0 Å². The minimum Gasteiger partial charge on any atom is -0.468 e. The van der Waals surface area contributed by atoms with Gasteiger partial charge in [-0.3, -0.25) is 4.79 Å². The summed E-state index contributed by atoms with van der Waals surface area (Å²) >= 11 is 0. The molecule has 0 aromatic rings. The Balaban J connectivity index is 2.72.